The Morgan fingerprint density at radius 3 is 2.00 bits per heavy atom. The second kappa shape index (κ2) is 12.3. The van der Waals surface area contributed by atoms with E-state index in [4.69, 9.17) is 0 Å². The second-order valence-electron chi connectivity index (χ2n) is 7.87. The van der Waals surface area contributed by atoms with Crippen LogP contribution in [0.5, 0.6) is 0 Å². The van der Waals surface area contributed by atoms with Gasteiger partial charge in [-0.25, -0.2) is 0 Å². The monoisotopic (exact) mass is 394 g/mol. The molecule has 0 radical (unpaired) electrons. The van der Waals surface area contributed by atoms with Crippen molar-refractivity contribution >= 4 is 11.6 Å². The van der Waals surface area contributed by atoms with Gasteiger partial charge in [0.05, 0.1) is 6.61 Å². The predicted octanol–water partition coefficient (Wildman–Crippen LogP) is 6.43. The zero-order chi connectivity index (χ0) is 21.1. The van der Waals surface area contributed by atoms with Gasteiger partial charge in [0.1, 0.15) is 0 Å². The Morgan fingerprint density at radius 2 is 1.38 bits per heavy atom. The quantitative estimate of drug-likeness (QED) is 0.314. The fraction of sp³-hybridized carbons (Fsp3) is 0.462. The molecule has 0 aliphatic heterocycles. The standard InChI is InChI=1S/C26H34O3/c1-3-4-5-6-7-8-9-10-11-25(28)22-16-17-24(23(18-22)19-27)26(29)21-14-12-20(2)13-15-21/h12-18,27H,3-11,19H2,1-2H3. The molecule has 0 fully saturated rings. The van der Waals surface area contributed by atoms with Gasteiger partial charge in [-0.05, 0) is 31.0 Å². The van der Waals surface area contributed by atoms with Gasteiger partial charge < -0.3 is 5.11 Å². The van der Waals surface area contributed by atoms with Crippen LogP contribution in [-0.2, 0) is 6.61 Å². The van der Waals surface area contributed by atoms with E-state index in [1.807, 2.05) is 19.1 Å². The zero-order valence-electron chi connectivity index (χ0n) is 17.9. The van der Waals surface area contributed by atoms with E-state index in [0.29, 0.717) is 28.7 Å². The van der Waals surface area contributed by atoms with Gasteiger partial charge in [0.25, 0.3) is 0 Å². The summed E-state index contributed by atoms with van der Waals surface area (Å²) in [5, 5.41) is 9.74. The number of aliphatic hydroxyl groups is 1. The van der Waals surface area contributed by atoms with Gasteiger partial charge in [0.15, 0.2) is 11.6 Å². The maximum atomic E-state index is 12.8. The number of carbonyl (C=O) groups is 2. The molecule has 0 amide bonds. The van der Waals surface area contributed by atoms with Gasteiger partial charge >= 0.3 is 0 Å². The largest absolute Gasteiger partial charge is 0.392 e. The van der Waals surface area contributed by atoms with Crippen molar-refractivity contribution < 1.29 is 14.7 Å². The molecule has 0 unspecified atom stereocenters. The summed E-state index contributed by atoms with van der Waals surface area (Å²) in [6, 6.07) is 12.4. The zero-order valence-corrected chi connectivity index (χ0v) is 17.9. The summed E-state index contributed by atoms with van der Waals surface area (Å²) in [5.74, 6) is -0.0452. The highest BCUT2D eigenvalue weighted by molar-refractivity contribution is 6.10. The summed E-state index contributed by atoms with van der Waals surface area (Å²) in [4.78, 5) is 25.3. The number of hydrogen-bond acceptors (Lipinski definition) is 3. The van der Waals surface area contributed by atoms with E-state index in [9.17, 15) is 14.7 Å². The lowest BCUT2D eigenvalue weighted by molar-refractivity contribution is 0.0976. The van der Waals surface area contributed by atoms with Crippen molar-refractivity contribution in [1.29, 1.82) is 0 Å². The summed E-state index contributed by atoms with van der Waals surface area (Å²) in [7, 11) is 0. The van der Waals surface area contributed by atoms with Crippen LogP contribution in [-0.4, -0.2) is 16.7 Å². The highest BCUT2D eigenvalue weighted by Crippen LogP contribution is 2.19. The van der Waals surface area contributed by atoms with Crippen molar-refractivity contribution in [2.75, 3.05) is 0 Å². The number of ketones is 2. The van der Waals surface area contributed by atoms with Gasteiger partial charge in [0, 0.05) is 23.1 Å². The van der Waals surface area contributed by atoms with Crippen LogP contribution in [0.4, 0.5) is 0 Å². The average molecular weight is 395 g/mol. The topological polar surface area (TPSA) is 54.4 Å². The molecule has 0 bridgehead atoms. The molecule has 0 spiro atoms. The smallest absolute Gasteiger partial charge is 0.193 e. The van der Waals surface area contributed by atoms with Crippen LogP contribution < -0.4 is 0 Å². The molecule has 0 heterocycles. The Kier molecular flexibility index (Phi) is 9.79. The first-order valence-electron chi connectivity index (χ1n) is 10.9. The molecule has 0 saturated heterocycles. The predicted molar refractivity (Wildman–Crippen MR) is 119 cm³/mol. The average Bonchev–Trinajstić information content (AvgIpc) is 2.75. The van der Waals surface area contributed by atoms with Crippen molar-refractivity contribution in [2.24, 2.45) is 0 Å². The van der Waals surface area contributed by atoms with E-state index in [1.165, 1.54) is 38.5 Å². The Balaban J connectivity index is 1.91. The Labute approximate surface area is 175 Å². The van der Waals surface area contributed by atoms with Crippen molar-refractivity contribution in [1.82, 2.24) is 0 Å². The third kappa shape index (κ3) is 7.25. The molecule has 0 aliphatic rings. The Hall–Kier alpha value is -2.26. The molecule has 3 nitrogen and oxygen atoms in total. The summed E-state index contributed by atoms with van der Waals surface area (Å²) in [6.45, 7) is 3.94. The molecule has 2 aromatic carbocycles. The van der Waals surface area contributed by atoms with Crippen molar-refractivity contribution in [3.05, 3.63) is 70.3 Å². The second-order valence-corrected chi connectivity index (χ2v) is 7.87. The first kappa shape index (κ1) is 23.0. The van der Waals surface area contributed by atoms with Crippen LogP contribution in [0, 0.1) is 6.92 Å². The van der Waals surface area contributed by atoms with Crippen LogP contribution in [0.3, 0.4) is 0 Å². The molecule has 0 aliphatic carbocycles. The number of rotatable bonds is 13. The van der Waals surface area contributed by atoms with Gasteiger partial charge in [-0.3, -0.25) is 9.59 Å². The maximum Gasteiger partial charge on any atom is 0.193 e. The molecule has 0 atom stereocenters. The first-order chi connectivity index (χ1) is 14.1. The van der Waals surface area contributed by atoms with Crippen LogP contribution in [0.15, 0.2) is 42.5 Å². The van der Waals surface area contributed by atoms with Crippen molar-refractivity contribution in [2.45, 2.75) is 78.2 Å². The van der Waals surface area contributed by atoms with Crippen LogP contribution in [0.2, 0.25) is 0 Å². The molecule has 0 saturated carbocycles. The van der Waals surface area contributed by atoms with E-state index in [2.05, 4.69) is 6.92 Å². The normalized spacial score (nSPS) is 10.9. The van der Waals surface area contributed by atoms with Gasteiger partial charge in [-0.1, -0.05) is 87.8 Å². The lowest BCUT2D eigenvalue weighted by Crippen LogP contribution is -2.08. The van der Waals surface area contributed by atoms with E-state index < -0.39 is 0 Å². The lowest BCUT2D eigenvalue weighted by atomic mass is 9.94. The van der Waals surface area contributed by atoms with E-state index >= 15 is 0 Å². The van der Waals surface area contributed by atoms with Gasteiger partial charge in [-0.15, -0.1) is 0 Å². The minimum absolute atomic E-state index is 0.0833. The summed E-state index contributed by atoms with van der Waals surface area (Å²) >= 11 is 0. The van der Waals surface area contributed by atoms with Crippen LogP contribution in [0.25, 0.3) is 0 Å². The van der Waals surface area contributed by atoms with Gasteiger partial charge in [0.2, 0.25) is 0 Å². The summed E-state index contributed by atoms with van der Waals surface area (Å²) in [6.07, 6.45) is 10.1. The SMILES string of the molecule is CCCCCCCCCCC(=O)c1ccc(C(=O)c2ccc(C)cc2)c(CO)c1. The number of Topliss-reactive ketones (excluding diaryl/α,β-unsaturated/α-hetero) is 1. The molecule has 156 valence electrons. The van der Waals surface area contributed by atoms with Crippen molar-refractivity contribution in [3.63, 3.8) is 0 Å². The third-order valence-electron chi connectivity index (χ3n) is 5.41. The highest BCUT2D eigenvalue weighted by atomic mass is 16.3. The maximum absolute atomic E-state index is 12.8. The highest BCUT2D eigenvalue weighted by Gasteiger charge is 2.16. The minimum atomic E-state index is -0.258. The molecule has 1 N–H and O–H groups in total. The van der Waals surface area contributed by atoms with Crippen molar-refractivity contribution in [3.8, 4) is 0 Å². The number of benzene rings is 2. The van der Waals surface area contributed by atoms with Crippen LogP contribution >= 0.6 is 0 Å². The first-order valence-corrected chi connectivity index (χ1v) is 10.9. The molecule has 2 aromatic rings. The number of unbranched alkanes of at least 4 members (excludes halogenated alkanes) is 7. The minimum Gasteiger partial charge on any atom is -0.392 e. The van der Waals surface area contributed by atoms with E-state index in [-0.39, 0.29) is 18.2 Å². The lowest BCUT2D eigenvalue weighted by Gasteiger charge is -2.10. The number of carbonyl (C=O) groups excluding carboxylic acids is 2. The van der Waals surface area contributed by atoms with E-state index in [1.54, 1.807) is 30.3 Å². The summed E-state index contributed by atoms with van der Waals surface area (Å²) < 4.78 is 0. The molecular weight excluding hydrogens is 360 g/mol. The molecule has 0 aromatic heterocycles. The summed E-state index contributed by atoms with van der Waals surface area (Å²) in [5.41, 5.74) is 3.23. The van der Waals surface area contributed by atoms with E-state index in [0.717, 1.165) is 18.4 Å². The Morgan fingerprint density at radius 1 is 0.793 bits per heavy atom. The fourth-order valence-electron chi connectivity index (χ4n) is 3.54. The molecule has 2 rings (SSSR count). The number of aliphatic hydroxyl groups excluding tert-OH is 1. The Bertz CT molecular complexity index is 790. The molecule has 3 heteroatoms. The fourth-order valence-corrected chi connectivity index (χ4v) is 3.54. The molecule has 29 heavy (non-hydrogen) atoms. The van der Waals surface area contributed by atoms with Crippen LogP contribution in [0.1, 0.15) is 102 Å². The molecular formula is C26H34O3. The number of hydrogen-bond donors (Lipinski definition) is 1. The van der Waals surface area contributed by atoms with Gasteiger partial charge in [-0.2, -0.15) is 0 Å². The number of aryl methyl sites for hydroxylation is 1. The third-order valence-corrected chi connectivity index (χ3v) is 5.41.